The number of benzene rings is 1. The van der Waals surface area contributed by atoms with Gasteiger partial charge in [0.2, 0.25) is 0 Å². The highest BCUT2D eigenvalue weighted by molar-refractivity contribution is 5.76. The molecule has 0 amide bonds. The Morgan fingerprint density at radius 2 is 1.80 bits per heavy atom. The molecule has 0 fully saturated rings. The number of hydrogen-bond donors (Lipinski definition) is 1. The van der Waals surface area contributed by atoms with Gasteiger partial charge < -0.3 is 10.1 Å². The van der Waals surface area contributed by atoms with Crippen molar-refractivity contribution in [2.45, 2.75) is 38.5 Å². The minimum Gasteiger partial charge on any atom is -0.468 e. The van der Waals surface area contributed by atoms with E-state index in [1.165, 1.54) is 19.2 Å². The van der Waals surface area contributed by atoms with Crippen molar-refractivity contribution in [3.63, 3.8) is 0 Å². The summed E-state index contributed by atoms with van der Waals surface area (Å²) < 4.78 is 42.0. The van der Waals surface area contributed by atoms with E-state index in [2.05, 4.69) is 10.1 Å². The van der Waals surface area contributed by atoms with Crippen molar-refractivity contribution in [3.05, 3.63) is 35.4 Å². The number of carbonyl (C=O) groups excluding carboxylic acids is 1. The van der Waals surface area contributed by atoms with Crippen LogP contribution in [0.5, 0.6) is 0 Å². The molecule has 112 valence electrons. The van der Waals surface area contributed by atoms with E-state index in [4.69, 9.17) is 0 Å². The fraction of sp³-hybridized carbons (Fsp3) is 0.500. The van der Waals surface area contributed by atoms with Gasteiger partial charge in [0.15, 0.2) is 0 Å². The van der Waals surface area contributed by atoms with Crippen LogP contribution < -0.4 is 5.32 Å². The van der Waals surface area contributed by atoms with Crippen molar-refractivity contribution < 1.29 is 22.7 Å². The molecule has 3 nitrogen and oxygen atoms in total. The zero-order chi connectivity index (χ0) is 15.3. The Morgan fingerprint density at radius 1 is 1.25 bits per heavy atom. The number of esters is 1. The second-order valence-corrected chi connectivity index (χ2v) is 4.80. The normalized spacial score (nSPS) is 13.3. The van der Waals surface area contributed by atoms with Crippen LogP contribution in [0.1, 0.15) is 25.0 Å². The average Bonchev–Trinajstić information content (AvgIpc) is 2.36. The molecule has 0 aliphatic heterocycles. The highest BCUT2D eigenvalue weighted by Gasteiger charge is 2.30. The topological polar surface area (TPSA) is 38.3 Å². The Hall–Kier alpha value is -1.56. The summed E-state index contributed by atoms with van der Waals surface area (Å²) in [5.74, 6) is -0.432. The summed E-state index contributed by atoms with van der Waals surface area (Å²) in [5, 5.41) is 3.03. The number of carbonyl (C=O) groups is 1. The van der Waals surface area contributed by atoms with Crippen molar-refractivity contribution in [1.29, 1.82) is 0 Å². The van der Waals surface area contributed by atoms with Gasteiger partial charge in [0.05, 0.1) is 12.7 Å². The van der Waals surface area contributed by atoms with Gasteiger partial charge in [-0.15, -0.1) is 0 Å². The third-order valence-electron chi connectivity index (χ3n) is 2.74. The van der Waals surface area contributed by atoms with Crippen molar-refractivity contribution in [1.82, 2.24) is 5.32 Å². The molecule has 6 heteroatoms. The molecule has 1 aromatic carbocycles. The molecule has 0 aliphatic carbocycles. The monoisotopic (exact) mass is 289 g/mol. The first-order valence-electron chi connectivity index (χ1n) is 6.24. The highest BCUT2D eigenvalue weighted by atomic mass is 19.4. The van der Waals surface area contributed by atoms with Crippen LogP contribution in [0.3, 0.4) is 0 Å². The standard InChI is InChI=1S/C14H18F3NO2/c1-9(2)18-12(13(19)20-3)8-10-4-6-11(7-5-10)14(15,16)17/h4-7,9,12,18H,8H2,1-3H3. The van der Waals surface area contributed by atoms with Gasteiger partial charge in [-0.1, -0.05) is 26.0 Å². The third kappa shape index (κ3) is 4.85. The zero-order valence-corrected chi connectivity index (χ0v) is 11.6. The quantitative estimate of drug-likeness (QED) is 0.847. The van der Waals surface area contributed by atoms with Gasteiger partial charge >= 0.3 is 12.1 Å². The highest BCUT2D eigenvalue weighted by Crippen LogP contribution is 2.29. The first-order valence-corrected chi connectivity index (χ1v) is 6.24. The molecule has 1 atom stereocenters. The minimum absolute atomic E-state index is 0.0635. The van der Waals surface area contributed by atoms with Gasteiger partial charge in [-0.2, -0.15) is 13.2 Å². The van der Waals surface area contributed by atoms with E-state index in [1.54, 1.807) is 0 Å². The lowest BCUT2D eigenvalue weighted by molar-refractivity contribution is -0.143. The summed E-state index contributed by atoms with van der Waals surface area (Å²) in [6, 6.07) is 4.27. The maximum absolute atomic E-state index is 12.5. The first kappa shape index (κ1) is 16.5. The van der Waals surface area contributed by atoms with Gasteiger partial charge in [0.1, 0.15) is 6.04 Å². The van der Waals surface area contributed by atoms with Crippen LogP contribution >= 0.6 is 0 Å². The summed E-state index contributed by atoms with van der Waals surface area (Å²) in [6.07, 6.45) is -4.07. The Labute approximate surface area is 116 Å². The lowest BCUT2D eigenvalue weighted by Crippen LogP contribution is -2.43. The molecular weight excluding hydrogens is 271 g/mol. The Balaban J connectivity index is 2.81. The zero-order valence-electron chi connectivity index (χ0n) is 11.6. The molecular formula is C14H18F3NO2. The van der Waals surface area contributed by atoms with Crippen molar-refractivity contribution in [2.75, 3.05) is 7.11 Å². The molecule has 0 saturated heterocycles. The number of hydrogen-bond acceptors (Lipinski definition) is 3. The van der Waals surface area contributed by atoms with E-state index in [1.807, 2.05) is 13.8 Å². The fourth-order valence-corrected chi connectivity index (χ4v) is 1.82. The predicted octanol–water partition coefficient (Wildman–Crippen LogP) is 2.79. The molecule has 0 spiro atoms. The van der Waals surface area contributed by atoms with E-state index in [9.17, 15) is 18.0 Å². The lowest BCUT2D eigenvalue weighted by Gasteiger charge is -2.19. The van der Waals surface area contributed by atoms with E-state index < -0.39 is 23.8 Å². The predicted molar refractivity (Wildman–Crippen MR) is 69.2 cm³/mol. The molecule has 1 aromatic rings. The molecule has 1 unspecified atom stereocenters. The number of ether oxygens (including phenoxy) is 1. The molecule has 0 radical (unpaired) electrons. The Kier molecular flexibility index (Phi) is 5.56. The van der Waals surface area contributed by atoms with E-state index in [0.29, 0.717) is 5.56 Å². The van der Waals surface area contributed by atoms with Crippen molar-refractivity contribution in [2.24, 2.45) is 0 Å². The SMILES string of the molecule is COC(=O)C(Cc1ccc(C(F)(F)F)cc1)NC(C)C. The summed E-state index contributed by atoms with van der Waals surface area (Å²) in [5.41, 5.74) is -0.0609. The summed E-state index contributed by atoms with van der Waals surface area (Å²) in [4.78, 5) is 11.6. The van der Waals surface area contributed by atoms with Gasteiger partial charge in [0.25, 0.3) is 0 Å². The maximum Gasteiger partial charge on any atom is 0.416 e. The van der Waals surface area contributed by atoms with E-state index >= 15 is 0 Å². The molecule has 20 heavy (non-hydrogen) atoms. The average molecular weight is 289 g/mol. The minimum atomic E-state index is -4.35. The van der Waals surface area contributed by atoms with Crippen molar-refractivity contribution >= 4 is 5.97 Å². The number of methoxy groups -OCH3 is 1. The van der Waals surface area contributed by atoms with Crippen LogP contribution in [-0.2, 0) is 22.1 Å². The molecule has 0 heterocycles. The number of rotatable bonds is 5. The van der Waals surface area contributed by atoms with Crippen LogP contribution in [0, 0.1) is 0 Å². The first-order chi connectivity index (χ1) is 9.24. The largest absolute Gasteiger partial charge is 0.468 e. The van der Waals surface area contributed by atoms with E-state index in [-0.39, 0.29) is 12.5 Å². The second-order valence-electron chi connectivity index (χ2n) is 4.80. The van der Waals surface area contributed by atoms with Crippen LogP contribution in [0.4, 0.5) is 13.2 Å². The third-order valence-corrected chi connectivity index (χ3v) is 2.74. The number of halogens is 3. The fourth-order valence-electron chi connectivity index (χ4n) is 1.82. The van der Waals surface area contributed by atoms with Gasteiger partial charge in [0, 0.05) is 6.04 Å². The van der Waals surface area contributed by atoms with Crippen molar-refractivity contribution in [3.8, 4) is 0 Å². The molecule has 1 rings (SSSR count). The number of alkyl halides is 3. The van der Waals surface area contributed by atoms with Gasteiger partial charge in [-0.25, -0.2) is 0 Å². The van der Waals surface area contributed by atoms with Crippen LogP contribution in [0.15, 0.2) is 24.3 Å². The summed E-state index contributed by atoms with van der Waals surface area (Å²) >= 11 is 0. The summed E-state index contributed by atoms with van der Waals surface area (Å²) in [7, 11) is 1.28. The second kappa shape index (κ2) is 6.74. The van der Waals surface area contributed by atoms with Crippen LogP contribution in [-0.4, -0.2) is 25.2 Å². The lowest BCUT2D eigenvalue weighted by atomic mass is 10.0. The maximum atomic E-state index is 12.5. The molecule has 0 bridgehead atoms. The smallest absolute Gasteiger partial charge is 0.416 e. The van der Waals surface area contributed by atoms with Gasteiger partial charge in [-0.3, -0.25) is 4.79 Å². The molecule has 1 N–H and O–H groups in total. The molecule has 0 saturated carbocycles. The van der Waals surface area contributed by atoms with Crippen LogP contribution in [0.25, 0.3) is 0 Å². The summed E-state index contributed by atoms with van der Waals surface area (Å²) in [6.45, 7) is 3.76. The van der Waals surface area contributed by atoms with Crippen LogP contribution in [0.2, 0.25) is 0 Å². The Bertz CT molecular complexity index is 441. The Morgan fingerprint density at radius 3 is 2.20 bits per heavy atom. The number of nitrogens with one attached hydrogen (secondary N) is 1. The molecule has 0 aliphatic rings. The van der Waals surface area contributed by atoms with Gasteiger partial charge in [-0.05, 0) is 24.1 Å². The molecule has 0 aromatic heterocycles. The van der Waals surface area contributed by atoms with E-state index in [0.717, 1.165) is 12.1 Å².